The van der Waals surface area contributed by atoms with Crippen LogP contribution in [0.5, 0.6) is 0 Å². The highest BCUT2D eigenvalue weighted by molar-refractivity contribution is 6.21. The van der Waals surface area contributed by atoms with E-state index in [1.807, 2.05) is 6.07 Å². The Labute approximate surface area is 200 Å². The number of fused-ring (bicyclic) bond motifs is 1. The van der Waals surface area contributed by atoms with Crippen LogP contribution in [0.1, 0.15) is 39.6 Å². The molecule has 5 rings (SSSR count). The molecule has 3 atom stereocenters. The third kappa shape index (κ3) is 3.97. The van der Waals surface area contributed by atoms with Crippen molar-refractivity contribution in [1.29, 1.82) is 0 Å². The van der Waals surface area contributed by atoms with Gasteiger partial charge in [0.25, 0.3) is 17.7 Å². The van der Waals surface area contributed by atoms with Gasteiger partial charge < -0.3 is 9.47 Å². The molecule has 35 heavy (non-hydrogen) atoms. The van der Waals surface area contributed by atoms with E-state index in [0.29, 0.717) is 5.56 Å². The van der Waals surface area contributed by atoms with Crippen LogP contribution in [-0.4, -0.2) is 64.5 Å². The summed E-state index contributed by atoms with van der Waals surface area (Å²) in [5.41, 5.74) is 1.31. The first-order valence-electron chi connectivity index (χ1n) is 11.0. The van der Waals surface area contributed by atoms with Gasteiger partial charge in [-0.1, -0.05) is 42.5 Å². The van der Waals surface area contributed by atoms with Crippen LogP contribution in [0.2, 0.25) is 0 Å². The second-order valence-corrected chi connectivity index (χ2v) is 8.33. The zero-order valence-electron chi connectivity index (χ0n) is 18.7. The Hall–Kier alpha value is -4.31. The number of amides is 5. The molecule has 2 aromatic carbocycles. The summed E-state index contributed by atoms with van der Waals surface area (Å²) in [4.78, 5) is 65.2. The lowest BCUT2D eigenvalue weighted by molar-refractivity contribution is -0.146. The number of esters is 1. The highest BCUT2D eigenvalue weighted by Gasteiger charge is 2.52. The summed E-state index contributed by atoms with van der Waals surface area (Å²) >= 11 is 0. The van der Waals surface area contributed by atoms with Crippen molar-refractivity contribution in [1.82, 2.24) is 15.1 Å². The molecule has 0 radical (unpaired) electrons. The van der Waals surface area contributed by atoms with Crippen molar-refractivity contribution in [3.63, 3.8) is 0 Å². The molecule has 178 valence electrons. The van der Waals surface area contributed by atoms with E-state index < -0.39 is 48.1 Å². The standard InChI is InChI=1S/C25H21N3O7/c1-14(29)34-13-20-18(28-23(31)16-9-5-6-10-17(16)24(28)32)12-21(35-20)27-19(22(30)26-25(27)33)11-15-7-3-2-4-8-15/h2-11,18,20-21H,12-13H2,1H3,(H,26,30,33)/b19-11-/t18-,20+,21+/m0/s1. The van der Waals surface area contributed by atoms with Gasteiger partial charge in [-0.25, -0.2) is 4.79 Å². The minimum atomic E-state index is -0.980. The van der Waals surface area contributed by atoms with Gasteiger partial charge in [0.15, 0.2) is 0 Å². The second-order valence-electron chi connectivity index (χ2n) is 8.33. The number of carbonyl (C=O) groups excluding carboxylic acids is 5. The van der Waals surface area contributed by atoms with Crippen molar-refractivity contribution >= 4 is 35.8 Å². The third-order valence-electron chi connectivity index (χ3n) is 6.13. The monoisotopic (exact) mass is 475 g/mol. The predicted molar refractivity (Wildman–Crippen MR) is 120 cm³/mol. The third-order valence-corrected chi connectivity index (χ3v) is 6.13. The molecule has 0 spiro atoms. The fourth-order valence-corrected chi connectivity index (χ4v) is 4.57. The first-order chi connectivity index (χ1) is 16.8. The van der Waals surface area contributed by atoms with Crippen LogP contribution in [-0.2, 0) is 19.1 Å². The van der Waals surface area contributed by atoms with Gasteiger partial charge in [0.2, 0.25) is 0 Å². The van der Waals surface area contributed by atoms with E-state index in [9.17, 15) is 24.0 Å². The molecule has 0 bridgehead atoms. The second kappa shape index (κ2) is 8.80. The predicted octanol–water partition coefficient (Wildman–Crippen LogP) is 1.92. The minimum Gasteiger partial charge on any atom is -0.463 e. The van der Waals surface area contributed by atoms with Gasteiger partial charge in [-0.3, -0.25) is 34.3 Å². The average molecular weight is 475 g/mol. The van der Waals surface area contributed by atoms with Gasteiger partial charge >= 0.3 is 12.0 Å². The molecule has 10 heteroatoms. The van der Waals surface area contributed by atoms with E-state index >= 15 is 0 Å². The Morgan fingerprint density at radius 1 is 1.00 bits per heavy atom. The van der Waals surface area contributed by atoms with Crippen molar-refractivity contribution in [2.75, 3.05) is 6.61 Å². The fraction of sp³-hybridized carbons (Fsp3) is 0.240. The van der Waals surface area contributed by atoms with Gasteiger partial charge in [-0.05, 0) is 23.8 Å². The van der Waals surface area contributed by atoms with Crippen LogP contribution in [0.4, 0.5) is 4.79 Å². The largest absolute Gasteiger partial charge is 0.463 e. The summed E-state index contributed by atoms with van der Waals surface area (Å²) < 4.78 is 11.2. The fourth-order valence-electron chi connectivity index (χ4n) is 4.57. The minimum absolute atomic E-state index is 0.0320. The summed E-state index contributed by atoms with van der Waals surface area (Å²) in [6, 6.07) is 13.9. The number of imide groups is 2. The summed E-state index contributed by atoms with van der Waals surface area (Å²) in [5.74, 6) is -2.13. The zero-order chi connectivity index (χ0) is 24.7. The van der Waals surface area contributed by atoms with Crippen LogP contribution in [0, 0.1) is 0 Å². The van der Waals surface area contributed by atoms with Gasteiger partial charge in [0.05, 0.1) is 17.2 Å². The molecule has 0 unspecified atom stereocenters. The summed E-state index contributed by atoms with van der Waals surface area (Å²) in [6.45, 7) is 1.00. The number of ether oxygens (including phenoxy) is 2. The van der Waals surface area contributed by atoms with Crippen molar-refractivity contribution in [3.8, 4) is 0 Å². The van der Waals surface area contributed by atoms with Crippen LogP contribution < -0.4 is 5.32 Å². The first kappa shape index (κ1) is 22.5. The number of rotatable bonds is 5. The lowest BCUT2D eigenvalue weighted by atomic mass is 10.1. The van der Waals surface area contributed by atoms with E-state index in [2.05, 4.69) is 5.32 Å². The Morgan fingerprint density at radius 2 is 1.63 bits per heavy atom. The summed E-state index contributed by atoms with van der Waals surface area (Å²) in [7, 11) is 0. The SMILES string of the molecule is CC(=O)OC[C@H]1O[C@@H](N2C(=O)NC(=O)/C2=C/c2ccccc2)C[C@@H]1N1C(=O)c2ccccc2C1=O. The Morgan fingerprint density at radius 3 is 2.26 bits per heavy atom. The van der Waals surface area contributed by atoms with Crippen LogP contribution in [0.15, 0.2) is 60.3 Å². The molecule has 3 aliphatic rings. The Kier molecular flexibility index (Phi) is 5.65. The molecule has 10 nitrogen and oxygen atoms in total. The number of nitrogens with zero attached hydrogens (tertiary/aromatic N) is 2. The number of hydrogen-bond acceptors (Lipinski definition) is 7. The average Bonchev–Trinajstić information content (AvgIpc) is 3.45. The van der Waals surface area contributed by atoms with Crippen LogP contribution in [0.3, 0.4) is 0 Å². The number of nitrogens with one attached hydrogen (secondary N) is 1. The molecule has 0 aromatic heterocycles. The van der Waals surface area contributed by atoms with Gasteiger partial charge in [-0.15, -0.1) is 0 Å². The quantitative estimate of drug-likeness (QED) is 0.303. The highest BCUT2D eigenvalue weighted by Crippen LogP contribution is 2.36. The van der Waals surface area contributed by atoms with Gasteiger partial charge in [0, 0.05) is 13.3 Å². The summed E-state index contributed by atoms with van der Waals surface area (Å²) in [5, 5.41) is 2.26. The number of urea groups is 1. The lowest BCUT2D eigenvalue weighted by Crippen LogP contribution is -2.46. The molecule has 2 aromatic rings. The van der Waals surface area contributed by atoms with E-state index in [1.54, 1.807) is 54.6 Å². The highest BCUT2D eigenvalue weighted by atomic mass is 16.6. The maximum atomic E-state index is 13.1. The van der Waals surface area contributed by atoms with E-state index in [1.165, 1.54) is 11.8 Å². The lowest BCUT2D eigenvalue weighted by Gasteiger charge is -2.25. The Bertz CT molecular complexity index is 1240. The molecular weight excluding hydrogens is 454 g/mol. The number of carbonyl (C=O) groups is 5. The first-order valence-corrected chi connectivity index (χ1v) is 11.0. The van der Waals surface area contributed by atoms with E-state index in [0.717, 1.165) is 4.90 Å². The van der Waals surface area contributed by atoms with Crippen molar-refractivity contribution in [2.24, 2.45) is 0 Å². The van der Waals surface area contributed by atoms with Crippen LogP contribution in [0.25, 0.3) is 6.08 Å². The summed E-state index contributed by atoms with van der Waals surface area (Å²) in [6.07, 6.45) is -0.289. The molecule has 3 aliphatic heterocycles. The molecular formula is C25H21N3O7. The molecule has 2 saturated heterocycles. The molecule has 2 fully saturated rings. The van der Waals surface area contributed by atoms with Crippen molar-refractivity contribution < 1.29 is 33.4 Å². The smallest absolute Gasteiger partial charge is 0.331 e. The molecule has 0 aliphatic carbocycles. The van der Waals surface area contributed by atoms with Gasteiger partial charge in [0.1, 0.15) is 24.6 Å². The van der Waals surface area contributed by atoms with Crippen molar-refractivity contribution in [2.45, 2.75) is 31.7 Å². The molecule has 1 N–H and O–H groups in total. The van der Waals surface area contributed by atoms with Crippen molar-refractivity contribution in [3.05, 3.63) is 77.0 Å². The molecule has 0 saturated carbocycles. The number of benzene rings is 2. The normalized spacial score (nSPS) is 24.8. The molecule has 5 amide bonds. The number of hydrogen-bond donors (Lipinski definition) is 1. The maximum absolute atomic E-state index is 13.1. The van der Waals surface area contributed by atoms with Crippen LogP contribution >= 0.6 is 0 Å². The topological polar surface area (TPSA) is 122 Å². The van der Waals surface area contributed by atoms with E-state index in [4.69, 9.17) is 9.47 Å². The van der Waals surface area contributed by atoms with E-state index in [-0.39, 0.29) is 29.9 Å². The maximum Gasteiger partial charge on any atom is 0.331 e. The Balaban J connectivity index is 1.47. The molecule has 3 heterocycles. The zero-order valence-corrected chi connectivity index (χ0v) is 18.7. The van der Waals surface area contributed by atoms with Gasteiger partial charge in [-0.2, -0.15) is 0 Å².